The van der Waals surface area contributed by atoms with Crippen LogP contribution < -0.4 is 10.1 Å². The van der Waals surface area contributed by atoms with Crippen LogP contribution in [0, 0.1) is 0 Å². The van der Waals surface area contributed by atoms with Gasteiger partial charge in [-0.05, 0) is 11.6 Å². The number of ether oxygens (including phenoxy) is 1. The number of anilines is 1. The van der Waals surface area contributed by atoms with Gasteiger partial charge in [0.05, 0.1) is 19.5 Å². The monoisotopic (exact) mass is 284 g/mol. The van der Waals surface area contributed by atoms with Crippen molar-refractivity contribution in [3.8, 4) is 5.88 Å². The van der Waals surface area contributed by atoms with E-state index < -0.39 is 11.9 Å². The third-order valence-electron chi connectivity index (χ3n) is 2.41. The summed E-state index contributed by atoms with van der Waals surface area (Å²) in [4.78, 5) is 11.3. The summed E-state index contributed by atoms with van der Waals surface area (Å²) in [6.45, 7) is 0.285. The van der Waals surface area contributed by atoms with E-state index in [1.807, 2.05) is 0 Å². The van der Waals surface area contributed by atoms with Gasteiger partial charge in [0.15, 0.2) is 0 Å². The normalized spacial score (nSPS) is 11.2. The van der Waals surface area contributed by atoms with E-state index in [9.17, 15) is 13.2 Å². The molecule has 0 fully saturated rings. The van der Waals surface area contributed by atoms with Crippen molar-refractivity contribution in [2.45, 2.75) is 12.7 Å². The molecule has 0 amide bonds. The van der Waals surface area contributed by atoms with Crippen molar-refractivity contribution >= 4 is 5.82 Å². The van der Waals surface area contributed by atoms with Crippen LogP contribution in [-0.4, -0.2) is 22.1 Å². The number of methoxy groups -OCH3 is 1. The Hall–Kier alpha value is -2.38. The van der Waals surface area contributed by atoms with Crippen LogP contribution in [0.5, 0.6) is 5.88 Å². The van der Waals surface area contributed by atoms with Crippen molar-refractivity contribution in [1.29, 1.82) is 0 Å². The second kappa shape index (κ2) is 5.72. The Labute approximate surface area is 112 Å². The molecule has 0 aromatic carbocycles. The minimum Gasteiger partial charge on any atom is -0.480 e. The Balaban J connectivity index is 2.00. The summed E-state index contributed by atoms with van der Waals surface area (Å²) in [5.74, 6) is 0.810. The summed E-state index contributed by atoms with van der Waals surface area (Å²) in [7, 11) is 1.47. The summed E-state index contributed by atoms with van der Waals surface area (Å²) in [6.07, 6.45) is -0.321. The lowest BCUT2D eigenvalue weighted by Crippen LogP contribution is -2.09. The molecule has 2 aromatic heterocycles. The maximum Gasteiger partial charge on any atom is 0.433 e. The molecule has 5 nitrogen and oxygen atoms in total. The Morgan fingerprint density at radius 3 is 2.60 bits per heavy atom. The first-order valence-corrected chi connectivity index (χ1v) is 5.61. The van der Waals surface area contributed by atoms with Crippen LogP contribution in [0.3, 0.4) is 0 Å². The zero-order chi connectivity index (χ0) is 14.6. The van der Waals surface area contributed by atoms with Gasteiger partial charge in [0.25, 0.3) is 0 Å². The molecule has 0 aliphatic rings. The van der Waals surface area contributed by atoms with Crippen molar-refractivity contribution in [3.63, 3.8) is 0 Å². The molecule has 0 saturated heterocycles. The van der Waals surface area contributed by atoms with Crippen LogP contribution in [-0.2, 0) is 12.7 Å². The van der Waals surface area contributed by atoms with Gasteiger partial charge in [0.2, 0.25) is 5.88 Å². The summed E-state index contributed by atoms with van der Waals surface area (Å²) in [5.41, 5.74) is -0.315. The van der Waals surface area contributed by atoms with Gasteiger partial charge in [-0.1, -0.05) is 6.07 Å². The molecular weight excluding hydrogens is 273 g/mol. The van der Waals surface area contributed by atoms with E-state index in [4.69, 9.17) is 4.74 Å². The summed E-state index contributed by atoms with van der Waals surface area (Å²) in [5, 5.41) is 2.92. The third-order valence-corrected chi connectivity index (χ3v) is 2.41. The number of rotatable bonds is 4. The number of alkyl halides is 3. The predicted molar refractivity (Wildman–Crippen MR) is 65.1 cm³/mol. The van der Waals surface area contributed by atoms with E-state index in [1.54, 1.807) is 0 Å². The molecule has 1 N–H and O–H groups in total. The lowest BCUT2D eigenvalue weighted by atomic mass is 10.2. The average Bonchev–Trinajstić information content (AvgIpc) is 2.45. The molecule has 0 spiro atoms. The maximum absolute atomic E-state index is 12.3. The van der Waals surface area contributed by atoms with Crippen molar-refractivity contribution < 1.29 is 17.9 Å². The van der Waals surface area contributed by atoms with Gasteiger partial charge >= 0.3 is 6.18 Å². The molecule has 2 rings (SSSR count). The first-order chi connectivity index (χ1) is 9.49. The molecule has 2 heterocycles. The number of hydrogen-bond donors (Lipinski definition) is 1. The quantitative estimate of drug-likeness (QED) is 0.934. The molecular formula is C12H11F3N4O. The number of aromatic nitrogens is 3. The van der Waals surface area contributed by atoms with Crippen LogP contribution in [0.2, 0.25) is 0 Å². The molecule has 0 bridgehead atoms. The number of nitrogens with one attached hydrogen (secondary N) is 1. The minimum atomic E-state index is -4.43. The summed E-state index contributed by atoms with van der Waals surface area (Å²) in [6, 6.07) is 2.30. The summed E-state index contributed by atoms with van der Waals surface area (Å²) >= 11 is 0. The van der Waals surface area contributed by atoms with Gasteiger partial charge in [0.1, 0.15) is 11.5 Å². The fourth-order valence-electron chi connectivity index (χ4n) is 1.42. The standard InChI is InChI=1S/C12H11F3N4O/c1-20-11-7-16-6-10(19-11)18-5-8-2-3-9(17-4-8)12(13,14)15/h2-4,6-7H,5H2,1H3,(H,18,19). The molecule has 106 valence electrons. The van der Waals surface area contributed by atoms with Gasteiger partial charge in [-0.3, -0.25) is 9.97 Å². The zero-order valence-electron chi connectivity index (χ0n) is 10.5. The number of nitrogens with zero attached hydrogens (tertiary/aromatic N) is 3. The van der Waals surface area contributed by atoms with Gasteiger partial charge in [-0.2, -0.15) is 18.2 Å². The highest BCUT2D eigenvalue weighted by Gasteiger charge is 2.31. The van der Waals surface area contributed by atoms with Crippen molar-refractivity contribution in [2.75, 3.05) is 12.4 Å². The van der Waals surface area contributed by atoms with Crippen molar-refractivity contribution in [2.24, 2.45) is 0 Å². The molecule has 20 heavy (non-hydrogen) atoms. The highest BCUT2D eigenvalue weighted by Crippen LogP contribution is 2.27. The number of hydrogen-bond acceptors (Lipinski definition) is 5. The molecule has 0 aliphatic carbocycles. The van der Waals surface area contributed by atoms with Gasteiger partial charge in [0, 0.05) is 12.7 Å². The van der Waals surface area contributed by atoms with Crippen LogP contribution in [0.4, 0.5) is 19.0 Å². The molecule has 0 unspecified atom stereocenters. The average molecular weight is 284 g/mol. The molecule has 0 radical (unpaired) electrons. The lowest BCUT2D eigenvalue weighted by molar-refractivity contribution is -0.141. The third kappa shape index (κ3) is 3.56. The second-order valence-electron chi connectivity index (χ2n) is 3.85. The highest BCUT2D eigenvalue weighted by molar-refractivity contribution is 5.34. The topological polar surface area (TPSA) is 59.9 Å². The van der Waals surface area contributed by atoms with Gasteiger partial charge in [-0.25, -0.2) is 0 Å². The van der Waals surface area contributed by atoms with Gasteiger partial charge < -0.3 is 10.1 Å². The van der Waals surface area contributed by atoms with Crippen molar-refractivity contribution in [3.05, 3.63) is 42.0 Å². The first kappa shape index (κ1) is 14.0. The predicted octanol–water partition coefficient (Wildman–Crippen LogP) is 2.51. The highest BCUT2D eigenvalue weighted by atomic mass is 19.4. The molecule has 2 aromatic rings. The van der Waals surface area contributed by atoms with E-state index in [0.29, 0.717) is 17.3 Å². The number of halogens is 3. The van der Waals surface area contributed by atoms with E-state index in [1.165, 1.54) is 31.8 Å². The Bertz CT molecular complexity index is 572. The lowest BCUT2D eigenvalue weighted by Gasteiger charge is -2.08. The first-order valence-electron chi connectivity index (χ1n) is 5.61. The van der Waals surface area contributed by atoms with Crippen LogP contribution >= 0.6 is 0 Å². The molecule has 0 atom stereocenters. The van der Waals surface area contributed by atoms with Crippen molar-refractivity contribution in [1.82, 2.24) is 15.0 Å². The summed E-state index contributed by atoms with van der Waals surface area (Å²) < 4.78 is 41.9. The zero-order valence-corrected chi connectivity index (χ0v) is 10.5. The SMILES string of the molecule is COc1cncc(NCc2ccc(C(F)(F)F)nc2)n1. The van der Waals surface area contributed by atoms with Crippen LogP contribution in [0.15, 0.2) is 30.7 Å². The fourth-order valence-corrected chi connectivity index (χ4v) is 1.42. The Morgan fingerprint density at radius 1 is 1.20 bits per heavy atom. The number of pyridine rings is 1. The maximum atomic E-state index is 12.3. The van der Waals surface area contributed by atoms with Crippen LogP contribution in [0.25, 0.3) is 0 Å². The van der Waals surface area contributed by atoms with E-state index >= 15 is 0 Å². The Morgan fingerprint density at radius 2 is 2.00 bits per heavy atom. The molecule has 8 heteroatoms. The van der Waals surface area contributed by atoms with E-state index in [-0.39, 0.29) is 6.54 Å². The fraction of sp³-hybridized carbons (Fsp3) is 0.250. The van der Waals surface area contributed by atoms with E-state index in [0.717, 1.165) is 6.07 Å². The van der Waals surface area contributed by atoms with E-state index in [2.05, 4.69) is 20.3 Å². The Kier molecular flexibility index (Phi) is 4.02. The molecule has 0 saturated carbocycles. The minimum absolute atomic E-state index is 0.285. The largest absolute Gasteiger partial charge is 0.480 e. The van der Waals surface area contributed by atoms with Gasteiger partial charge in [-0.15, -0.1) is 0 Å². The second-order valence-corrected chi connectivity index (χ2v) is 3.85. The molecule has 0 aliphatic heterocycles. The van der Waals surface area contributed by atoms with Crippen LogP contribution in [0.1, 0.15) is 11.3 Å². The smallest absolute Gasteiger partial charge is 0.433 e.